The van der Waals surface area contributed by atoms with Gasteiger partial charge < -0.3 is 10.7 Å². The van der Waals surface area contributed by atoms with E-state index in [9.17, 15) is 0 Å². The Morgan fingerprint density at radius 2 is 1.73 bits per heavy atom. The van der Waals surface area contributed by atoms with Crippen LogP contribution in [-0.4, -0.2) is 9.97 Å². The van der Waals surface area contributed by atoms with E-state index in [0.717, 1.165) is 17.1 Å². The molecule has 0 spiro atoms. The zero-order valence-corrected chi connectivity index (χ0v) is 9.86. The molecular formula is C10H13Cl2N3. The van der Waals surface area contributed by atoms with Crippen molar-refractivity contribution in [3.05, 3.63) is 36.0 Å². The van der Waals surface area contributed by atoms with Gasteiger partial charge in [-0.3, -0.25) is 0 Å². The lowest BCUT2D eigenvalue weighted by atomic mass is 10.2. The summed E-state index contributed by atoms with van der Waals surface area (Å²) in [7, 11) is 0. The van der Waals surface area contributed by atoms with Gasteiger partial charge >= 0.3 is 0 Å². The highest BCUT2D eigenvalue weighted by Gasteiger charge is 2.03. The monoisotopic (exact) mass is 245 g/mol. The number of aryl methyl sites for hydroxylation is 1. The lowest BCUT2D eigenvalue weighted by Crippen LogP contribution is -1.85. The number of nitrogens with two attached hydrogens (primary N) is 1. The average Bonchev–Trinajstić information content (AvgIpc) is 2.49. The Morgan fingerprint density at radius 3 is 2.20 bits per heavy atom. The molecule has 0 amide bonds. The van der Waals surface area contributed by atoms with Crippen LogP contribution in [-0.2, 0) is 0 Å². The third-order valence-corrected chi connectivity index (χ3v) is 1.97. The fraction of sp³-hybridized carbons (Fsp3) is 0.100. The van der Waals surface area contributed by atoms with Crippen molar-refractivity contribution in [2.45, 2.75) is 6.92 Å². The summed E-state index contributed by atoms with van der Waals surface area (Å²) < 4.78 is 0. The molecule has 2 rings (SSSR count). The molecule has 0 atom stereocenters. The van der Waals surface area contributed by atoms with E-state index in [1.165, 1.54) is 0 Å². The minimum absolute atomic E-state index is 0. The summed E-state index contributed by atoms with van der Waals surface area (Å²) in [6.45, 7) is 1.91. The molecule has 1 aromatic carbocycles. The second-order valence-corrected chi connectivity index (χ2v) is 2.96. The number of benzene rings is 1. The van der Waals surface area contributed by atoms with Gasteiger partial charge in [0, 0.05) is 5.56 Å². The number of hydrogen-bond acceptors (Lipinski definition) is 2. The fourth-order valence-corrected chi connectivity index (χ4v) is 1.21. The van der Waals surface area contributed by atoms with Gasteiger partial charge in [0.05, 0.1) is 5.69 Å². The second kappa shape index (κ2) is 5.63. The zero-order valence-electron chi connectivity index (χ0n) is 8.23. The number of nitrogens with zero attached hydrogens (tertiary/aromatic N) is 1. The predicted octanol–water partition coefficient (Wildman–Crippen LogP) is 2.81. The molecule has 5 heteroatoms. The molecule has 0 saturated heterocycles. The first kappa shape index (κ1) is 13.8. The van der Waals surface area contributed by atoms with Crippen molar-refractivity contribution in [3.8, 4) is 11.4 Å². The highest BCUT2D eigenvalue weighted by atomic mass is 35.5. The van der Waals surface area contributed by atoms with Gasteiger partial charge in [-0.05, 0) is 6.92 Å². The van der Waals surface area contributed by atoms with E-state index in [1.807, 2.05) is 37.3 Å². The Bertz CT molecular complexity index is 392. The Morgan fingerprint density at radius 1 is 1.13 bits per heavy atom. The molecule has 0 aliphatic carbocycles. The number of hydrogen-bond donors (Lipinski definition) is 2. The van der Waals surface area contributed by atoms with Gasteiger partial charge in [-0.1, -0.05) is 30.3 Å². The number of aromatic nitrogens is 2. The molecule has 0 saturated carbocycles. The molecule has 0 aliphatic heterocycles. The number of H-pyrrole nitrogens is 1. The standard InChI is InChI=1S/C10H11N3.2ClH/c1-7-9(11)13-10(12-7)8-5-3-2-4-6-8;;/h2-6H,11H2,1H3,(H,12,13);2*1H. The number of aromatic amines is 1. The van der Waals surface area contributed by atoms with Crippen LogP contribution >= 0.6 is 24.8 Å². The highest BCUT2D eigenvalue weighted by Crippen LogP contribution is 2.17. The van der Waals surface area contributed by atoms with Gasteiger partial charge in [-0.15, -0.1) is 24.8 Å². The van der Waals surface area contributed by atoms with Gasteiger partial charge in [0.15, 0.2) is 0 Å². The summed E-state index contributed by atoms with van der Waals surface area (Å²) in [6.07, 6.45) is 0. The average molecular weight is 246 g/mol. The summed E-state index contributed by atoms with van der Waals surface area (Å²) in [5, 5.41) is 0. The second-order valence-electron chi connectivity index (χ2n) is 2.96. The molecule has 3 nitrogen and oxygen atoms in total. The van der Waals surface area contributed by atoms with E-state index in [-0.39, 0.29) is 24.8 Å². The summed E-state index contributed by atoms with van der Waals surface area (Å²) in [5.41, 5.74) is 7.61. The number of anilines is 1. The Labute approximate surface area is 101 Å². The maximum Gasteiger partial charge on any atom is 0.145 e. The largest absolute Gasteiger partial charge is 0.382 e. The van der Waals surface area contributed by atoms with Gasteiger partial charge in [0.2, 0.25) is 0 Å². The zero-order chi connectivity index (χ0) is 9.26. The number of imidazole rings is 1. The number of rotatable bonds is 1. The molecule has 0 bridgehead atoms. The van der Waals surface area contributed by atoms with E-state index < -0.39 is 0 Å². The van der Waals surface area contributed by atoms with Crippen molar-refractivity contribution in [1.29, 1.82) is 0 Å². The molecule has 2 aromatic rings. The molecule has 1 aromatic heterocycles. The SMILES string of the molecule is Cc1[nH]c(-c2ccccc2)nc1N.Cl.Cl. The van der Waals surface area contributed by atoms with Crippen LogP contribution in [0, 0.1) is 6.92 Å². The van der Waals surface area contributed by atoms with Crippen LogP contribution in [0.4, 0.5) is 5.82 Å². The van der Waals surface area contributed by atoms with Crippen LogP contribution in [0.15, 0.2) is 30.3 Å². The molecule has 0 radical (unpaired) electrons. The lowest BCUT2D eigenvalue weighted by molar-refractivity contribution is 1.26. The first-order valence-corrected chi connectivity index (χ1v) is 4.15. The quantitative estimate of drug-likeness (QED) is 0.812. The maximum atomic E-state index is 5.64. The normalized spacial score (nSPS) is 8.87. The Balaban J connectivity index is 0.000000980. The number of nitrogen functional groups attached to an aromatic ring is 1. The maximum absolute atomic E-state index is 5.64. The minimum atomic E-state index is 0. The van der Waals surface area contributed by atoms with Gasteiger partial charge in [-0.25, -0.2) is 4.98 Å². The van der Waals surface area contributed by atoms with Crippen molar-refractivity contribution >= 4 is 30.6 Å². The van der Waals surface area contributed by atoms with Crippen molar-refractivity contribution in [2.75, 3.05) is 5.73 Å². The first-order valence-electron chi connectivity index (χ1n) is 4.15. The predicted molar refractivity (Wildman–Crippen MR) is 67.7 cm³/mol. The van der Waals surface area contributed by atoms with E-state index in [4.69, 9.17) is 5.73 Å². The van der Waals surface area contributed by atoms with Gasteiger partial charge in [0.25, 0.3) is 0 Å². The van der Waals surface area contributed by atoms with Crippen molar-refractivity contribution in [2.24, 2.45) is 0 Å². The third-order valence-electron chi connectivity index (χ3n) is 1.97. The Kier molecular flexibility index (Phi) is 5.19. The van der Waals surface area contributed by atoms with Crippen LogP contribution in [0.2, 0.25) is 0 Å². The molecule has 0 fully saturated rings. The summed E-state index contributed by atoms with van der Waals surface area (Å²) in [5.74, 6) is 1.40. The smallest absolute Gasteiger partial charge is 0.145 e. The Hall–Kier alpha value is -1.19. The minimum Gasteiger partial charge on any atom is -0.382 e. The molecule has 15 heavy (non-hydrogen) atoms. The molecule has 3 N–H and O–H groups in total. The topological polar surface area (TPSA) is 54.7 Å². The summed E-state index contributed by atoms with van der Waals surface area (Å²) >= 11 is 0. The fourth-order valence-electron chi connectivity index (χ4n) is 1.21. The van der Waals surface area contributed by atoms with Crippen molar-refractivity contribution in [1.82, 2.24) is 9.97 Å². The number of halogens is 2. The number of nitrogens with one attached hydrogen (secondary N) is 1. The summed E-state index contributed by atoms with van der Waals surface area (Å²) in [6, 6.07) is 9.92. The molecule has 82 valence electrons. The van der Waals surface area contributed by atoms with E-state index >= 15 is 0 Å². The molecule has 0 aliphatic rings. The van der Waals surface area contributed by atoms with E-state index in [0.29, 0.717) is 5.82 Å². The van der Waals surface area contributed by atoms with Crippen molar-refractivity contribution in [3.63, 3.8) is 0 Å². The third kappa shape index (κ3) is 2.88. The molecular weight excluding hydrogens is 233 g/mol. The summed E-state index contributed by atoms with van der Waals surface area (Å²) in [4.78, 5) is 7.33. The van der Waals surface area contributed by atoms with Crippen LogP contribution in [0.5, 0.6) is 0 Å². The van der Waals surface area contributed by atoms with Crippen LogP contribution in [0.3, 0.4) is 0 Å². The van der Waals surface area contributed by atoms with E-state index in [1.54, 1.807) is 0 Å². The van der Waals surface area contributed by atoms with Crippen LogP contribution in [0.25, 0.3) is 11.4 Å². The van der Waals surface area contributed by atoms with Gasteiger partial charge in [-0.2, -0.15) is 0 Å². The molecule has 1 heterocycles. The molecule has 0 unspecified atom stereocenters. The van der Waals surface area contributed by atoms with Crippen molar-refractivity contribution < 1.29 is 0 Å². The van der Waals surface area contributed by atoms with E-state index in [2.05, 4.69) is 9.97 Å². The first-order chi connectivity index (χ1) is 6.27. The highest BCUT2D eigenvalue weighted by molar-refractivity contribution is 5.85. The lowest BCUT2D eigenvalue weighted by Gasteiger charge is -1.93. The van der Waals surface area contributed by atoms with Gasteiger partial charge in [0.1, 0.15) is 11.6 Å². The van der Waals surface area contributed by atoms with Crippen LogP contribution < -0.4 is 5.73 Å². The van der Waals surface area contributed by atoms with Crippen LogP contribution in [0.1, 0.15) is 5.69 Å².